The zero-order chi connectivity index (χ0) is 21.7. The second kappa shape index (κ2) is 7.39. The van der Waals surface area contributed by atoms with E-state index >= 15 is 0 Å². The minimum absolute atomic E-state index is 0.386. The lowest BCUT2D eigenvalue weighted by molar-refractivity contribution is 0.857. The molecule has 1 nitrogen and oxygen atoms in total. The maximum atomic E-state index is 2.48. The number of aromatic nitrogens is 1. The number of fused-ring (bicyclic) bond motifs is 4. The molecule has 5 aromatic carbocycles. The molecule has 0 aliphatic heterocycles. The molecule has 0 aliphatic carbocycles. The maximum absolute atomic E-state index is 2.48. The van der Waals surface area contributed by atoms with Gasteiger partial charge in [-0.3, -0.25) is 0 Å². The average molecular weight is 412 g/mol. The first kappa shape index (κ1) is 18.9. The number of hydrogen-bond acceptors (Lipinski definition) is 0. The Hall–Kier alpha value is -3.84. The molecule has 0 spiro atoms. The summed E-state index contributed by atoms with van der Waals surface area (Å²) in [6.07, 6.45) is 0. The van der Waals surface area contributed by atoms with Gasteiger partial charge in [0.05, 0.1) is 16.7 Å². The van der Waals surface area contributed by atoms with Crippen molar-refractivity contribution >= 4 is 32.6 Å². The summed E-state index contributed by atoms with van der Waals surface area (Å²) in [5.41, 5.74) is 7.75. The van der Waals surface area contributed by atoms with Gasteiger partial charge in [-0.1, -0.05) is 105 Å². The van der Waals surface area contributed by atoms with Gasteiger partial charge in [-0.25, -0.2) is 0 Å². The van der Waals surface area contributed by atoms with Gasteiger partial charge in [-0.15, -0.1) is 0 Å². The van der Waals surface area contributed by atoms with Crippen molar-refractivity contribution in [2.75, 3.05) is 0 Å². The van der Waals surface area contributed by atoms with Crippen molar-refractivity contribution in [2.24, 2.45) is 0 Å². The van der Waals surface area contributed by atoms with Crippen molar-refractivity contribution in [3.05, 3.63) is 115 Å². The van der Waals surface area contributed by atoms with E-state index in [0.717, 1.165) is 0 Å². The van der Waals surface area contributed by atoms with Gasteiger partial charge in [-0.05, 0) is 46.2 Å². The summed E-state index contributed by atoms with van der Waals surface area (Å²) in [6.45, 7) is 4.60. The lowest BCUT2D eigenvalue weighted by Crippen LogP contribution is -2.04. The second-order valence-corrected chi connectivity index (χ2v) is 8.80. The largest absolute Gasteiger partial charge is 0.308 e. The lowest BCUT2D eigenvalue weighted by Gasteiger charge is -2.21. The summed E-state index contributed by atoms with van der Waals surface area (Å²) in [6, 6.07) is 39.6. The van der Waals surface area contributed by atoms with Crippen molar-refractivity contribution in [2.45, 2.75) is 19.8 Å². The fourth-order valence-corrected chi connectivity index (χ4v) is 5.09. The van der Waals surface area contributed by atoms with Gasteiger partial charge in [0.25, 0.3) is 0 Å². The summed E-state index contributed by atoms with van der Waals surface area (Å²) in [5, 5.41) is 5.19. The van der Waals surface area contributed by atoms with Crippen LogP contribution in [0.2, 0.25) is 0 Å². The highest BCUT2D eigenvalue weighted by molar-refractivity contribution is 6.12. The van der Waals surface area contributed by atoms with Crippen molar-refractivity contribution < 1.29 is 0 Å². The van der Waals surface area contributed by atoms with Crippen LogP contribution in [0.5, 0.6) is 0 Å². The molecule has 0 aliphatic rings. The summed E-state index contributed by atoms with van der Waals surface area (Å²) in [5.74, 6) is 0.386. The predicted octanol–water partition coefficient (Wildman–Crippen LogP) is 8.73. The van der Waals surface area contributed by atoms with E-state index in [2.05, 4.69) is 128 Å². The predicted molar refractivity (Wildman–Crippen MR) is 138 cm³/mol. The molecule has 154 valence electrons. The number of nitrogens with zero attached hydrogens (tertiary/aromatic N) is 1. The number of rotatable bonds is 3. The molecule has 0 saturated heterocycles. The smallest absolute Gasteiger partial charge is 0.0575 e. The van der Waals surface area contributed by atoms with Gasteiger partial charge < -0.3 is 4.57 Å². The molecule has 32 heavy (non-hydrogen) atoms. The third-order valence-corrected chi connectivity index (χ3v) is 6.56. The zero-order valence-electron chi connectivity index (χ0n) is 18.4. The van der Waals surface area contributed by atoms with E-state index in [0.29, 0.717) is 5.92 Å². The lowest BCUT2D eigenvalue weighted by atomic mass is 9.89. The summed E-state index contributed by atoms with van der Waals surface area (Å²) >= 11 is 0. The minimum Gasteiger partial charge on any atom is -0.308 e. The molecule has 0 radical (unpaired) electrons. The fraction of sp³-hybridized carbons (Fsp3) is 0.0968. The van der Waals surface area contributed by atoms with Crippen LogP contribution < -0.4 is 0 Å². The Morgan fingerprint density at radius 1 is 0.531 bits per heavy atom. The molecule has 0 amide bonds. The first-order valence-electron chi connectivity index (χ1n) is 11.3. The molecule has 1 heteroatoms. The minimum atomic E-state index is 0.386. The van der Waals surface area contributed by atoms with Gasteiger partial charge in [0.1, 0.15) is 0 Å². The number of hydrogen-bond donors (Lipinski definition) is 0. The van der Waals surface area contributed by atoms with E-state index in [1.165, 1.54) is 55.0 Å². The SMILES string of the molecule is CC(C)c1cc(-c2ccccc2)c2ccccc2c1-n1c2ccccc2c2ccccc21. The van der Waals surface area contributed by atoms with E-state index < -0.39 is 0 Å². The molecule has 0 bridgehead atoms. The maximum Gasteiger partial charge on any atom is 0.0575 e. The van der Waals surface area contributed by atoms with Crippen LogP contribution in [0.15, 0.2) is 109 Å². The molecule has 0 saturated carbocycles. The normalized spacial score (nSPS) is 11.7. The van der Waals surface area contributed by atoms with Gasteiger partial charge in [-0.2, -0.15) is 0 Å². The van der Waals surface area contributed by atoms with Crippen LogP contribution >= 0.6 is 0 Å². The Labute approximate surface area is 188 Å². The Morgan fingerprint density at radius 2 is 1.03 bits per heavy atom. The molecule has 6 aromatic rings. The van der Waals surface area contributed by atoms with Crippen molar-refractivity contribution in [3.8, 4) is 16.8 Å². The monoisotopic (exact) mass is 411 g/mol. The van der Waals surface area contributed by atoms with Crippen LogP contribution in [-0.4, -0.2) is 4.57 Å². The van der Waals surface area contributed by atoms with Crippen molar-refractivity contribution in [1.29, 1.82) is 0 Å². The molecular weight excluding hydrogens is 386 g/mol. The molecule has 1 heterocycles. The highest BCUT2D eigenvalue weighted by Gasteiger charge is 2.20. The fourth-order valence-electron chi connectivity index (χ4n) is 5.09. The van der Waals surface area contributed by atoms with Gasteiger partial charge in [0.2, 0.25) is 0 Å². The van der Waals surface area contributed by atoms with Crippen LogP contribution in [0.1, 0.15) is 25.3 Å². The molecule has 1 aromatic heterocycles. The number of para-hydroxylation sites is 2. The summed E-state index contributed by atoms with van der Waals surface area (Å²) < 4.78 is 2.48. The van der Waals surface area contributed by atoms with E-state index in [4.69, 9.17) is 0 Å². The van der Waals surface area contributed by atoms with Crippen LogP contribution in [-0.2, 0) is 0 Å². The first-order chi connectivity index (χ1) is 15.7. The van der Waals surface area contributed by atoms with Gasteiger partial charge in [0.15, 0.2) is 0 Å². The molecule has 6 rings (SSSR count). The second-order valence-electron chi connectivity index (χ2n) is 8.80. The Morgan fingerprint density at radius 3 is 1.62 bits per heavy atom. The molecule has 0 atom stereocenters. The van der Waals surface area contributed by atoms with E-state index in [-0.39, 0.29) is 0 Å². The Bertz CT molecular complexity index is 1530. The molecular formula is C31H25N. The zero-order valence-corrected chi connectivity index (χ0v) is 18.4. The van der Waals surface area contributed by atoms with E-state index in [1.807, 2.05) is 0 Å². The topological polar surface area (TPSA) is 4.93 Å². The van der Waals surface area contributed by atoms with Crippen LogP contribution in [0.25, 0.3) is 49.4 Å². The molecule has 0 fully saturated rings. The van der Waals surface area contributed by atoms with Gasteiger partial charge >= 0.3 is 0 Å². The third kappa shape index (κ3) is 2.78. The highest BCUT2D eigenvalue weighted by atomic mass is 15.0. The number of benzene rings is 5. The standard InChI is InChI=1S/C31H25N/c1-21(2)27-20-28(22-12-4-3-5-13-22)23-14-6-7-17-26(23)31(27)32-29-18-10-8-15-24(29)25-16-9-11-19-30(25)32/h3-21H,1-2H3. The van der Waals surface area contributed by atoms with Crippen molar-refractivity contribution in [1.82, 2.24) is 4.57 Å². The van der Waals surface area contributed by atoms with Crippen LogP contribution in [0, 0.1) is 0 Å². The Kier molecular flexibility index (Phi) is 4.36. The van der Waals surface area contributed by atoms with E-state index in [1.54, 1.807) is 0 Å². The van der Waals surface area contributed by atoms with Crippen molar-refractivity contribution in [3.63, 3.8) is 0 Å². The first-order valence-corrected chi connectivity index (χ1v) is 11.3. The average Bonchev–Trinajstić information content (AvgIpc) is 3.18. The summed E-state index contributed by atoms with van der Waals surface area (Å²) in [7, 11) is 0. The van der Waals surface area contributed by atoms with E-state index in [9.17, 15) is 0 Å². The quantitative estimate of drug-likeness (QED) is 0.274. The summed E-state index contributed by atoms with van der Waals surface area (Å²) in [4.78, 5) is 0. The van der Waals surface area contributed by atoms with Crippen LogP contribution in [0.4, 0.5) is 0 Å². The van der Waals surface area contributed by atoms with Crippen LogP contribution in [0.3, 0.4) is 0 Å². The highest BCUT2D eigenvalue weighted by Crippen LogP contribution is 2.41. The third-order valence-electron chi connectivity index (χ3n) is 6.56. The molecule has 0 N–H and O–H groups in total. The molecule has 0 unspecified atom stereocenters. The van der Waals surface area contributed by atoms with Gasteiger partial charge in [0, 0.05) is 16.2 Å². The Balaban J connectivity index is 1.82.